The zero-order chi connectivity index (χ0) is 11.4. The van der Waals surface area contributed by atoms with Crippen LogP contribution in [-0.2, 0) is 12.2 Å². The molecule has 1 aliphatic heterocycles. The van der Waals surface area contributed by atoms with Crippen LogP contribution in [0.2, 0.25) is 0 Å². The summed E-state index contributed by atoms with van der Waals surface area (Å²) in [5, 5.41) is 7.89. The highest BCUT2D eigenvalue weighted by atomic mass is 32.2. The summed E-state index contributed by atoms with van der Waals surface area (Å²) in [5.74, 6) is 2.05. The predicted octanol–water partition coefficient (Wildman–Crippen LogP) is 2.25. The fourth-order valence-corrected chi connectivity index (χ4v) is 2.69. The minimum atomic E-state index is 0.670. The average molecular weight is 257 g/mol. The molecule has 0 spiro atoms. The van der Waals surface area contributed by atoms with Crippen molar-refractivity contribution in [3.8, 4) is 0 Å². The molecule has 1 aromatic rings. The second-order valence-corrected chi connectivity index (χ2v) is 5.30. The van der Waals surface area contributed by atoms with E-state index in [1.54, 1.807) is 11.8 Å². The van der Waals surface area contributed by atoms with Crippen LogP contribution in [-0.4, -0.2) is 32.5 Å². The number of thioether (sulfide) groups is 1. The maximum absolute atomic E-state index is 5.42. The van der Waals surface area contributed by atoms with Crippen molar-refractivity contribution in [3.63, 3.8) is 0 Å². The Kier molecular flexibility index (Phi) is 4.17. The second kappa shape index (κ2) is 5.63. The van der Waals surface area contributed by atoms with Crippen LogP contribution >= 0.6 is 24.0 Å². The van der Waals surface area contributed by atoms with Crippen LogP contribution in [0.25, 0.3) is 0 Å². The van der Waals surface area contributed by atoms with E-state index < -0.39 is 0 Å². The molecule has 0 N–H and O–H groups in total. The van der Waals surface area contributed by atoms with Crippen LogP contribution in [0, 0.1) is 0 Å². The van der Waals surface area contributed by atoms with E-state index >= 15 is 0 Å². The van der Waals surface area contributed by atoms with Gasteiger partial charge in [0.25, 0.3) is 0 Å². The molecule has 0 radical (unpaired) electrons. The summed E-state index contributed by atoms with van der Waals surface area (Å²) in [4.78, 5) is 2.25. The highest BCUT2D eigenvalue weighted by Gasteiger charge is 2.16. The minimum absolute atomic E-state index is 0.670. The maximum Gasteiger partial charge on any atom is 0.226 e. The van der Waals surface area contributed by atoms with Crippen molar-refractivity contribution in [1.29, 1.82) is 0 Å². The molecule has 2 rings (SSSR count). The van der Waals surface area contributed by atoms with Crippen molar-refractivity contribution in [2.75, 3.05) is 13.1 Å². The number of hydrogen-bond donors (Lipinski definition) is 0. The molecule has 0 atom stereocenters. The smallest absolute Gasteiger partial charge is 0.226 e. The quantitative estimate of drug-likeness (QED) is 0.774. The van der Waals surface area contributed by atoms with Crippen LogP contribution in [0.4, 0.5) is 0 Å². The maximum atomic E-state index is 5.42. The molecule has 6 heteroatoms. The van der Waals surface area contributed by atoms with Crippen molar-refractivity contribution in [1.82, 2.24) is 15.1 Å². The molecule has 1 aliphatic rings. The summed E-state index contributed by atoms with van der Waals surface area (Å²) in [7, 11) is 0. The number of thiocarbonyl (C=S) groups is 1. The topological polar surface area (TPSA) is 42.2 Å². The van der Waals surface area contributed by atoms with Gasteiger partial charge in [-0.1, -0.05) is 30.9 Å². The lowest BCUT2D eigenvalue weighted by atomic mass is 10.4. The van der Waals surface area contributed by atoms with Crippen molar-refractivity contribution < 1.29 is 4.42 Å². The van der Waals surface area contributed by atoms with Gasteiger partial charge in [-0.25, -0.2) is 0 Å². The highest BCUT2D eigenvalue weighted by Crippen LogP contribution is 2.19. The molecular formula is C10H15N3OS2. The lowest BCUT2D eigenvalue weighted by Crippen LogP contribution is -2.23. The number of likely N-dealkylation sites (tertiary alicyclic amines) is 1. The monoisotopic (exact) mass is 257 g/mol. The summed E-state index contributed by atoms with van der Waals surface area (Å²) in [5.41, 5.74) is 0. The Morgan fingerprint density at radius 1 is 1.38 bits per heavy atom. The van der Waals surface area contributed by atoms with Gasteiger partial charge in [-0.05, 0) is 12.8 Å². The molecule has 88 valence electrons. The van der Waals surface area contributed by atoms with Gasteiger partial charge in [-0.3, -0.25) is 0 Å². The van der Waals surface area contributed by atoms with E-state index in [-0.39, 0.29) is 0 Å². The van der Waals surface area contributed by atoms with E-state index in [2.05, 4.69) is 15.1 Å². The number of nitrogens with zero attached hydrogens (tertiary/aromatic N) is 3. The molecule has 0 aliphatic carbocycles. The van der Waals surface area contributed by atoms with E-state index in [9.17, 15) is 0 Å². The van der Waals surface area contributed by atoms with Crippen LogP contribution in [0.1, 0.15) is 31.5 Å². The third kappa shape index (κ3) is 2.95. The van der Waals surface area contributed by atoms with Gasteiger partial charge in [0.1, 0.15) is 4.32 Å². The molecule has 1 aromatic heterocycles. The van der Waals surface area contributed by atoms with Gasteiger partial charge in [0.15, 0.2) is 0 Å². The number of aromatic nitrogens is 2. The first-order valence-electron chi connectivity index (χ1n) is 5.52. The number of hydrogen-bond acceptors (Lipinski definition) is 5. The third-order valence-corrected chi connectivity index (χ3v) is 4.00. The molecule has 0 bridgehead atoms. The van der Waals surface area contributed by atoms with E-state index in [1.165, 1.54) is 12.8 Å². The molecule has 4 nitrogen and oxygen atoms in total. The van der Waals surface area contributed by atoms with Crippen LogP contribution < -0.4 is 0 Å². The largest absolute Gasteiger partial charge is 0.424 e. The average Bonchev–Trinajstić information content (AvgIpc) is 2.96. The zero-order valence-corrected chi connectivity index (χ0v) is 10.9. The Morgan fingerprint density at radius 2 is 2.06 bits per heavy atom. The Balaban J connectivity index is 1.80. The fourth-order valence-electron chi connectivity index (χ4n) is 1.60. The predicted molar refractivity (Wildman–Crippen MR) is 68.4 cm³/mol. The van der Waals surface area contributed by atoms with Crippen LogP contribution in [0.15, 0.2) is 4.42 Å². The summed E-state index contributed by atoms with van der Waals surface area (Å²) in [6.07, 6.45) is 3.29. The van der Waals surface area contributed by atoms with Crippen LogP contribution in [0.3, 0.4) is 0 Å². The molecule has 16 heavy (non-hydrogen) atoms. The van der Waals surface area contributed by atoms with Gasteiger partial charge in [0, 0.05) is 19.5 Å². The first-order valence-corrected chi connectivity index (χ1v) is 6.92. The first-order chi connectivity index (χ1) is 7.79. The third-order valence-electron chi connectivity index (χ3n) is 2.49. The zero-order valence-electron chi connectivity index (χ0n) is 9.31. The first kappa shape index (κ1) is 11.9. The molecule has 1 saturated heterocycles. The lowest BCUT2D eigenvalue weighted by Gasteiger charge is -2.16. The van der Waals surface area contributed by atoms with Crippen molar-refractivity contribution in [3.05, 3.63) is 11.8 Å². The van der Waals surface area contributed by atoms with Gasteiger partial charge >= 0.3 is 0 Å². The molecule has 0 saturated carbocycles. The summed E-state index contributed by atoms with van der Waals surface area (Å²) >= 11 is 6.96. The van der Waals surface area contributed by atoms with Crippen molar-refractivity contribution >= 4 is 28.3 Å². The summed E-state index contributed by atoms with van der Waals surface area (Å²) < 4.78 is 6.38. The Hall–Kier alpha value is -0.620. The Bertz CT molecular complexity index is 361. The fraction of sp³-hybridized carbons (Fsp3) is 0.700. The molecular weight excluding hydrogens is 242 g/mol. The summed E-state index contributed by atoms with van der Waals surface area (Å²) in [6, 6.07) is 0. The second-order valence-electron chi connectivity index (χ2n) is 3.69. The van der Waals surface area contributed by atoms with Gasteiger partial charge in [-0.15, -0.1) is 10.2 Å². The molecule has 0 unspecified atom stereocenters. The molecule has 2 heterocycles. The standard InChI is InChI=1S/C10H15N3OS2/c1-2-8-11-12-9(14-8)7-16-10(15)13-5-3-4-6-13/h2-7H2,1H3. The van der Waals surface area contributed by atoms with Crippen molar-refractivity contribution in [2.45, 2.75) is 31.9 Å². The van der Waals surface area contributed by atoms with Gasteiger partial charge < -0.3 is 9.32 Å². The SMILES string of the molecule is CCc1nnc(CSC(=S)N2CCCC2)o1. The van der Waals surface area contributed by atoms with E-state index in [1.807, 2.05) is 6.92 Å². The van der Waals surface area contributed by atoms with Crippen molar-refractivity contribution in [2.24, 2.45) is 0 Å². The lowest BCUT2D eigenvalue weighted by molar-refractivity contribution is 0.470. The molecule has 1 fully saturated rings. The minimum Gasteiger partial charge on any atom is -0.424 e. The van der Waals surface area contributed by atoms with E-state index in [0.29, 0.717) is 17.5 Å². The number of rotatable bonds is 3. The summed E-state index contributed by atoms with van der Waals surface area (Å²) in [6.45, 7) is 4.19. The molecule has 0 aromatic carbocycles. The Labute approximate surface area is 105 Å². The van der Waals surface area contributed by atoms with Gasteiger partial charge in [-0.2, -0.15) is 0 Å². The normalized spacial score (nSPS) is 15.7. The molecule has 0 amide bonds. The van der Waals surface area contributed by atoms with E-state index in [4.69, 9.17) is 16.6 Å². The highest BCUT2D eigenvalue weighted by molar-refractivity contribution is 8.22. The number of aryl methyl sites for hydroxylation is 1. The van der Waals surface area contributed by atoms with Crippen LogP contribution in [0.5, 0.6) is 0 Å². The van der Waals surface area contributed by atoms with Gasteiger partial charge in [0.2, 0.25) is 11.8 Å². The van der Waals surface area contributed by atoms with E-state index in [0.717, 1.165) is 23.8 Å². The van der Waals surface area contributed by atoms with Gasteiger partial charge in [0.05, 0.1) is 5.75 Å². The Morgan fingerprint density at radius 3 is 2.69 bits per heavy atom.